The molecule has 2 heterocycles. The highest BCUT2D eigenvalue weighted by Gasteiger charge is 2.32. The first-order chi connectivity index (χ1) is 19.1. The van der Waals surface area contributed by atoms with Crippen LogP contribution >= 0.6 is 0 Å². The molecule has 4 aromatic carbocycles. The maximum absolute atomic E-state index is 13.8. The lowest BCUT2D eigenvalue weighted by molar-refractivity contribution is 0.0690. The molecule has 0 radical (unpaired) electrons. The molecule has 0 aromatic heterocycles. The highest BCUT2D eigenvalue weighted by Crippen LogP contribution is 2.36. The number of carbonyl (C=O) groups excluding carboxylic acids is 2. The number of anilines is 1. The van der Waals surface area contributed by atoms with Crippen molar-refractivity contribution in [3.05, 3.63) is 125 Å². The van der Waals surface area contributed by atoms with Crippen LogP contribution in [-0.4, -0.2) is 34.0 Å². The minimum atomic E-state index is -1.54. The quantitative estimate of drug-likeness (QED) is 0.311. The Balaban J connectivity index is 1.28. The van der Waals surface area contributed by atoms with Gasteiger partial charge >= 0.3 is 0 Å². The van der Waals surface area contributed by atoms with Gasteiger partial charge in [0.05, 0.1) is 38.4 Å². The van der Waals surface area contributed by atoms with Gasteiger partial charge in [0, 0.05) is 18.7 Å². The number of amides is 2. The second-order valence-electron chi connectivity index (χ2n) is 10.2. The van der Waals surface area contributed by atoms with Gasteiger partial charge in [-0.15, -0.1) is 0 Å². The predicted molar refractivity (Wildman–Crippen MR) is 153 cm³/mol. The summed E-state index contributed by atoms with van der Waals surface area (Å²) < 4.78 is 13.7. The molecule has 0 bridgehead atoms. The summed E-state index contributed by atoms with van der Waals surface area (Å²) >= 11 is 0. The molecular formula is C33H30N2O3S. The molecule has 1 atom stereocenters. The second-order valence-corrected chi connectivity index (χ2v) is 11.7. The van der Waals surface area contributed by atoms with Crippen LogP contribution < -0.4 is 4.90 Å². The number of carbonyl (C=O) groups is 2. The van der Waals surface area contributed by atoms with Crippen LogP contribution in [0.2, 0.25) is 0 Å². The maximum atomic E-state index is 13.8. The van der Waals surface area contributed by atoms with Crippen LogP contribution in [0.5, 0.6) is 0 Å². The van der Waals surface area contributed by atoms with E-state index in [1.165, 1.54) is 5.56 Å². The molecule has 2 amide bonds. The number of hydrogen-bond donors (Lipinski definition) is 0. The zero-order chi connectivity index (χ0) is 26.8. The van der Waals surface area contributed by atoms with Crippen molar-refractivity contribution < 1.29 is 13.8 Å². The van der Waals surface area contributed by atoms with Crippen LogP contribution in [0.3, 0.4) is 0 Å². The summed E-state index contributed by atoms with van der Waals surface area (Å²) in [6.07, 6.45) is 2.96. The van der Waals surface area contributed by atoms with Gasteiger partial charge in [-0.25, -0.2) is 4.21 Å². The van der Waals surface area contributed by atoms with Gasteiger partial charge < -0.3 is 9.80 Å². The Morgan fingerprint density at radius 3 is 2.13 bits per heavy atom. The number of hydrogen-bond acceptors (Lipinski definition) is 3. The molecule has 4 aromatic rings. The minimum absolute atomic E-state index is 0.0457. The van der Waals surface area contributed by atoms with E-state index < -0.39 is 10.8 Å². The average molecular weight is 535 g/mol. The van der Waals surface area contributed by atoms with Crippen molar-refractivity contribution in [1.29, 1.82) is 0 Å². The molecule has 6 heteroatoms. The Labute approximate surface area is 231 Å². The molecule has 1 saturated heterocycles. The molecule has 0 aliphatic carbocycles. The van der Waals surface area contributed by atoms with Gasteiger partial charge in [-0.05, 0) is 66.6 Å². The lowest BCUT2D eigenvalue weighted by atomic mass is 9.90. The largest absolute Gasteiger partial charge is 0.339 e. The molecule has 39 heavy (non-hydrogen) atoms. The number of benzene rings is 4. The molecule has 5 nitrogen and oxygen atoms in total. The lowest BCUT2D eigenvalue weighted by Gasteiger charge is -2.32. The van der Waals surface area contributed by atoms with Crippen molar-refractivity contribution in [2.75, 3.05) is 18.0 Å². The molecular weight excluding hydrogens is 504 g/mol. The predicted octanol–water partition coefficient (Wildman–Crippen LogP) is 6.11. The third-order valence-electron chi connectivity index (χ3n) is 7.71. The third kappa shape index (κ3) is 5.17. The molecule has 2 aliphatic heterocycles. The van der Waals surface area contributed by atoms with Gasteiger partial charge in [-0.3, -0.25) is 9.59 Å². The molecule has 0 saturated carbocycles. The second kappa shape index (κ2) is 11.0. The van der Waals surface area contributed by atoms with Crippen LogP contribution in [0.1, 0.15) is 44.7 Å². The Morgan fingerprint density at radius 2 is 1.41 bits per heavy atom. The molecule has 6 rings (SSSR count). The van der Waals surface area contributed by atoms with Crippen LogP contribution in [0.15, 0.2) is 113 Å². The number of likely N-dealkylation sites (tertiary alicyclic amines) is 1. The smallest absolute Gasteiger partial charge is 0.259 e. The summed E-state index contributed by atoms with van der Waals surface area (Å²) in [6.45, 7) is 1.73. The first-order valence-corrected chi connectivity index (χ1v) is 14.6. The van der Waals surface area contributed by atoms with Crippen LogP contribution in [0, 0.1) is 5.92 Å². The Kier molecular flexibility index (Phi) is 7.12. The number of fused-ring (bicyclic) bond motifs is 2. The minimum Gasteiger partial charge on any atom is -0.339 e. The van der Waals surface area contributed by atoms with Gasteiger partial charge in [-0.1, -0.05) is 72.8 Å². The Hall–Kier alpha value is -4.03. The van der Waals surface area contributed by atoms with E-state index in [1.54, 1.807) is 47.4 Å². The van der Waals surface area contributed by atoms with Gasteiger partial charge in [-0.2, -0.15) is 0 Å². The summed E-state index contributed by atoms with van der Waals surface area (Å²) in [7, 11) is -1.54. The topological polar surface area (TPSA) is 57.7 Å². The number of nitrogens with zero attached hydrogens (tertiary/aromatic N) is 2. The van der Waals surface area contributed by atoms with E-state index in [0.29, 0.717) is 52.2 Å². The normalized spacial score (nSPS) is 17.3. The lowest BCUT2D eigenvalue weighted by Crippen LogP contribution is -2.39. The van der Waals surface area contributed by atoms with Crippen molar-refractivity contribution >= 4 is 28.3 Å². The fourth-order valence-electron chi connectivity index (χ4n) is 5.59. The van der Waals surface area contributed by atoms with Crippen molar-refractivity contribution in [2.45, 2.75) is 35.6 Å². The van der Waals surface area contributed by atoms with E-state index in [4.69, 9.17) is 0 Å². The summed E-state index contributed by atoms with van der Waals surface area (Å²) in [5, 5.41) is 0. The molecule has 0 N–H and O–H groups in total. The number of rotatable bonds is 5. The molecule has 1 fully saturated rings. The molecule has 0 unspecified atom stereocenters. The van der Waals surface area contributed by atoms with Crippen LogP contribution in [0.4, 0.5) is 5.69 Å². The van der Waals surface area contributed by atoms with E-state index in [2.05, 4.69) is 24.3 Å². The molecule has 0 spiro atoms. The highest BCUT2D eigenvalue weighted by molar-refractivity contribution is 7.85. The summed E-state index contributed by atoms with van der Waals surface area (Å²) in [6, 6.07) is 32.6. The van der Waals surface area contributed by atoms with E-state index in [1.807, 2.05) is 41.3 Å². The van der Waals surface area contributed by atoms with Gasteiger partial charge in [0.25, 0.3) is 11.8 Å². The SMILES string of the molecule is O=C(c1ccc2c(c1)N(Cc1ccccc1)C(=O)c1ccccc1[S@@]2=O)N1CCC(Cc2ccccc2)CC1. The Bertz CT molecular complexity index is 1530. The van der Waals surface area contributed by atoms with Crippen LogP contribution in [-0.2, 0) is 23.8 Å². The summed E-state index contributed by atoms with van der Waals surface area (Å²) in [4.78, 5) is 32.1. The summed E-state index contributed by atoms with van der Waals surface area (Å²) in [5.41, 5.74) is 3.77. The van der Waals surface area contributed by atoms with Crippen molar-refractivity contribution in [3.63, 3.8) is 0 Å². The van der Waals surface area contributed by atoms with E-state index in [-0.39, 0.29) is 11.8 Å². The first-order valence-electron chi connectivity index (χ1n) is 13.4. The summed E-state index contributed by atoms with van der Waals surface area (Å²) in [5.74, 6) is 0.298. The third-order valence-corrected chi connectivity index (χ3v) is 9.21. The first kappa shape index (κ1) is 25.3. The number of piperidine rings is 1. The Morgan fingerprint density at radius 1 is 0.769 bits per heavy atom. The van der Waals surface area contributed by atoms with Gasteiger partial charge in [0.1, 0.15) is 0 Å². The zero-order valence-electron chi connectivity index (χ0n) is 21.7. The molecule has 2 aliphatic rings. The van der Waals surface area contributed by atoms with Crippen molar-refractivity contribution in [1.82, 2.24) is 4.90 Å². The van der Waals surface area contributed by atoms with Crippen LogP contribution in [0.25, 0.3) is 0 Å². The van der Waals surface area contributed by atoms with Crippen molar-refractivity contribution in [2.24, 2.45) is 5.92 Å². The van der Waals surface area contributed by atoms with E-state index in [9.17, 15) is 13.8 Å². The monoisotopic (exact) mass is 534 g/mol. The maximum Gasteiger partial charge on any atom is 0.259 e. The average Bonchev–Trinajstić information content (AvgIpc) is 3.07. The molecule has 196 valence electrons. The fraction of sp³-hybridized carbons (Fsp3) is 0.212. The van der Waals surface area contributed by atoms with Crippen molar-refractivity contribution in [3.8, 4) is 0 Å². The van der Waals surface area contributed by atoms with E-state index in [0.717, 1.165) is 24.8 Å². The van der Waals surface area contributed by atoms with Gasteiger partial charge in [0.2, 0.25) is 0 Å². The highest BCUT2D eigenvalue weighted by atomic mass is 32.2. The van der Waals surface area contributed by atoms with Gasteiger partial charge in [0.15, 0.2) is 0 Å². The zero-order valence-corrected chi connectivity index (χ0v) is 22.5. The van der Waals surface area contributed by atoms with E-state index >= 15 is 0 Å². The fourth-order valence-corrected chi connectivity index (χ4v) is 6.93. The standard InChI is InChI=1S/C33H30N2O3S/c36-32(34-19-17-25(18-20-34)21-24-9-3-1-4-10-24)27-15-16-31-29(22-27)35(23-26-11-5-2-6-12-26)33(37)28-13-7-8-14-30(28)39(31)38/h1-16,22,25H,17-21,23H2/t39-/m0/s1.